The Morgan fingerprint density at radius 3 is 2.25 bits per heavy atom. The average molecular weight is 180 g/mol. The second kappa shape index (κ2) is 3.65. The van der Waals surface area contributed by atoms with Gasteiger partial charge in [-0.2, -0.15) is 0 Å². The van der Waals surface area contributed by atoms with E-state index in [1.165, 1.54) is 0 Å². The van der Waals surface area contributed by atoms with Gasteiger partial charge in [0.2, 0.25) is 6.29 Å². The zero-order valence-corrected chi connectivity index (χ0v) is 6.50. The maximum Gasteiger partial charge on any atom is 0.211 e. The first-order valence-corrected chi connectivity index (χ1v) is 3.71. The molecule has 0 aliphatic carbocycles. The highest BCUT2D eigenvalue weighted by Gasteiger charge is 2.43. The Balaban J connectivity index is 2.63. The van der Waals surface area contributed by atoms with Crippen LogP contribution in [-0.4, -0.2) is 57.7 Å². The van der Waals surface area contributed by atoms with Crippen molar-refractivity contribution in [2.75, 3.05) is 6.61 Å². The van der Waals surface area contributed by atoms with Crippen molar-refractivity contribution in [1.82, 2.24) is 0 Å². The quantitative estimate of drug-likeness (QED) is 0.282. The van der Waals surface area contributed by atoms with Gasteiger partial charge in [-0.15, -0.1) is 0 Å². The molecule has 1 fully saturated rings. The molecule has 2 unspecified atom stereocenters. The monoisotopic (exact) mass is 180 g/mol. The topological polar surface area (TPSA) is 118 Å². The summed E-state index contributed by atoms with van der Waals surface area (Å²) in [5.74, 6) is 0. The van der Waals surface area contributed by atoms with Gasteiger partial charge in [0.15, 0.2) is 6.04 Å². The zero-order chi connectivity index (χ0) is 9.30. The normalized spacial score (nSPS) is 49.2. The predicted octanol–water partition coefficient (Wildman–Crippen LogP) is -3.97. The van der Waals surface area contributed by atoms with E-state index in [0.29, 0.717) is 0 Å². The van der Waals surface area contributed by atoms with Gasteiger partial charge in [0.05, 0.1) is 6.61 Å². The largest absolute Gasteiger partial charge is 0.394 e. The summed E-state index contributed by atoms with van der Waals surface area (Å²) in [6.45, 7) is -0.442. The van der Waals surface area contributed by atoms with E-state index in [9.17, 15) is 10.2 Å². The van der Waals surface area contributed by atoms with Crippen LogP contribution in [-0.2, 0) is 4.74 Å². The van der Waals surface area contributed by atoms with Crippen LogP contribution in [0.5, 0.6) is 0 Å². The standard InChI is InChI=1S/C6H13NO5/c7-3-5(10)4(9)2(1-8)12-6(3)11/h2-6,8-11H,1,7H2/p+1/t2-,3?,4-,5-,6?/m1/s1. The molecule has 1 saturated heterocycles. The molecule has 6 nitrogen and oxygen atoms in total. The molecular formula is C6H14NO5+. The number of aliphatic hydroxyl groups excluding tert-OH is 4. The number of ether oxygens (including phenoxy) is 1. The molecule has 6 heteroatoms. The molecule has 72 valence electrons. The summed E-state index contributed by atoms with van der Waals surface area (Å²) in [5, 5.41) is 36.3. The number of hydrogen-bond donors (Lipinski definition) is 5. The minimum Gasteiger partial charge on any atom is -0.394 e. The summed E-state index contributed by atoms with van der Waals surface area (Å²) >= 11 is 0. The predicted molar refractivity (Wildman–Crippen MR) is 36.7 cm³/mol. The molecular weight excluding hydrogens is 166 g/mol. The van der Waals surface area contributed by atoms with Gasteiger partial charge in [-0.3, -0.25) is 0 Å². The highest BCUT2D eigenvalue weighted by Crippen LogP contribution is 2.16. The lowest BCUT2D eigenvalue weighted by atomic mass is 9.98. The van der Waals surface area contributed by atoms with Crippen molar-refractivity contribution in [2.24, 2.45) is 0 Å². The summed E-state index contributed by atoms with van der Waals surface area (Å²) in [6, 6.07) is -0.789. The Kier molecular flexibility index (Phi) is 2.99. The lowest BCUT2D eigenvalue weighted by molar-refractivity contribution is -0.497. The Hall–Kier alpha value is -0.240. The summed E-state index contributed by atoms with van der Waals surface area (Å²) in [5.41, 5.74) is 3.41. The van der Waals surface area contributed by atoms with Crippen LogP contribution >= 0.6 is 0 Å². The van der Waals surface area contributed by atoms with Crippen molar-refractivity contribution < 1.29 is 30.9 Å². The van der Waals surface area contributed by atoms with E-state index in [0.717, 1.165) is 0 Å². The molecule has 0 saturated carbocycles. The van der Waals surface area contributed by atoms with Crippen LogP contribution in [0.1, 0.15) is 0 Å². The smallest absolute Gasteiger partial charge is 0.211 e. The molecule has 1 aliphatic rings. The van der Waals surface area contributed by atoms with Crippen LogP contribution in [0.15, 0.2) is 0 Å². The number of aliphatic hydroxyl groups is 4. The van der Waals surface area contributed by atoms with Crippen LogP contribution in [0.3, 0.4) is 0 Å². The molecule has 0 aromatic carbocycles. The van der Waals surface area contributed by atoms with Crippen LogP contribution in [0.2, 0.25) is 0 Å². The minimum absolute atomic E-state index is 0.442. The first-order chi connectivity index (χ1) is 5.57. The molecule has 0 bridgehead atoms. The molecule has 5 atom stereocenters. The Labute approximate surface area is 69.2 Å². The summed E-state index contributed by atoms with van der Waals surface area (Å²) in [7, 11) is 0. The number of hydrogen-bond acceptors (Lipinski definition) is 5. The van der Waals surface area contributed by atoms with E-state index in [1.807, 2.05) is 0 Å². The summed E-state index contributed by atoms with van der Waals surface area (Å²) in [4.78, 5) is 0. The molecule has 12 heavy (non-hydrogen) atoms. The average Bonchev–Trinajstić information content (AvgIpc) is 2.08. The van der Waals surface area contributed by atoms with Crippen LogP contribution in [0.4, 0.5) is 0 Å². The van der Waals surface area contributed by atoms with Crippen molar-refractivity contribution >= 4 is 0 Å². The molecule has 0 radical (unpaired) electrons. The van der Waals surface area contributed by atoms with E-state index >= 15 is 0 Å². The maximum absolute atomic E-state index is 9.25. The van der Waals surface area contributed by atoms with Gasteiger partial charge in [0.25, 0.3) is 0 Å². The second-order valence-corrected chi connectivity index (χ2v) is 2.89. The molecule has 0 amide bonds. The van der Waals surface area contributed by atoms with Crippen molar-refractivity contribution in [3.63, 3.8) is 0 Å². The zero-order valence-electron chi connectivity index (χ0n) is 6.50. The van der Waals surface area contributed by atoms with Crippen molar-refractivity contribution in [1.29, 1.82) is 0 Å². The molecule has 0 spiro atoms. The van der Waals surface area contributed by atoms with E-state index < -0.39 is 37.3 Å². The minimum atomic E-state index is -1.24. The molecule has 7 N–H and O–H groups in total. The van der Waals surface area contributed by atoms with Gasteiger partial charge in [-0.25, -0.2) is 0 Å². The third-order valence-corrected chi connectivity index (χ3v) is 2.03. The van der Waals surface area contributed by atoms with Crippen molar-refractivity contribution in [3.05, 3.63) is 0 Å². The number of rotatable bonds is 1. The fourth-order valence-corrected chi connectivity index (χ4v) is 1.15. The summed E-state index contributed by atoms with van der Waals surface area (Å²) < 4.78 is 4.76. The first kappa shape index (κ1) is 9.85. The summed E-state index contributed by atoms with van der Waals surface area (Å²) in [6.07, 6.45) is -4.53. The van der Waals surface area contributed by atoms with Crippen LogP contribution in [0.25, 0.3) is 0 Å². The third-order valence-electron chi connectivity index (χ3n) is 2.03. The molecule has 1 rings (SSSR count). The highest BCUT2D eigenvalue weighted by molar-refractivity contribution is 4.87. The van der Waals surface area contributed by atoms with Gasteiger partial charge < -0.3 is 30.9 Å². The van der Waals surface area contributed by atoms with Gasteiger partial charge in [-0.05, 0) is 0 Å². The SMILES string of the molecule is [NH3+]C1C(O)O[C@H](CO)[C@@H](O)[C@@H]1O. The third kappa shape index (κ3) is 1.58. The van der Waals surface area contributed by atoms with Gasteiger partial charge in [0, 0.05) is 0 Å². The Morgan fingerprint density at radius 2 is 1.75 bits per heavy atom. The van der Waals surface area contributed by atoms with E-state index in [2.05, 4.69) is 5.73 Å². The highest BCUT2D eigenvalue weighted by atomic mass is 16.6. The van der Waals surface area contributed by atoms with Crippen LogP contribution < -0.4 is 5.73 Å². The van der Waals surface area contributed by atoms with Gasteiger partial charge in [-0.1, -0.05) is 0 Å². The lowest BCUT2D eigenvalue weighted by Crippen LogP contribution is -2.77. The van der Waals surface area contributed by atoms with Gasteiger partial charge in [0.1, 0.15) is 18.3 Å². The molecule has 1 aliphatic heterocycles. The first-order valence-electron chi connectivity index (χ1n) is 3.71. The number of quaternary nitrogens is 1. The molecule has 0 aromatic heterocycles. The molecule has 0 aromatic rings. The fraction of sp³-hybridized carbons (Fsp3) is 1.00. The van der Waals surface area contributed by atoms with Crippen LogP contribution in [0, 0.1) is 0 Å². The van der Waals surface area contributed by atoms with E-state index in [-0.39, 0.29) is 0 Å². The van der Waals surface area contributed by atoms with E-state index in [1.54, 1.807) is 0 Å². The van der Waals surface area contributed by atoms with Crippen molar-refractivity contribution in [3.8, 4) is 0 Å². The Morgan fingerprint density at radius 1 is 1.17 bits per heavy atom. The Bertz CT molecular complexity index is 150. The molecule has 1 heterocycles. The lowest BCUT2D eigenvalue weighted by Gasteiger charge is -2.36. The fourth-order valence-electron chi connectivity index (χ4n) is 1.15. The maximum atomic E-state index is 9.25. The van der Waals surface area contributed by atoms with E-state index in [4.69, 9.17) is 14.9 Å². The van der Waals surface area contributed by atoms with Crippen molar-refractivity contribution in [2.45, 2.75) is 30.6 Å². The van der Waals surface area contributed by atoms with Gasteiger partial charge >= 0.3 is 0 Å². The second-order valence-electron chi connectivity index (χ2n) is 2.89.